The average Bonchev–Trinajstić information content (AvgIpc) is 3.45. The van der Waals surface area contributed by atoms with Gasteiger partial charge in [0.1, 0.15) is 5.82 Å². The molecule has 4 heterocycles. The highest BCUT2D eigenvalue weighted by molar-refractivity contribution is 5.78. The Hall–Kier alpha value is -2.93. The molecule has 28 heavy (non-hydrogen) atoms. The normalized spacial score (nSPS) is 18.1. The summed E-state index contributed by atoms with van der Waals surface area (Å²) in [6.45, 7) is 2.91. The molecule has 1 aromatic carbocycles. The third-order valence-corrected chi connectivity index (χ3v) is 6.52. The average molecular weight is 373 g/mol. The molecule has 0 radical (unpaired) electrons. The smallest absolute Gasteiger partial charge is 0.157 e. The van der Waals surface area contributed by atoms with Crippen LogP contribution in [0.3, 0.4) is 0 Å². The highest BCUT2D eigenvalue weighted by atomic mass is 15.3. The predicted molar refractivity (Wildman–Crippen MR) is 109 cm³/mol. The number of hydrogen-bond donors (Lipinski definition) is 3. The Kier molecular flexibility index (Phi) is 3.46. The third-order valence-electron chi connectivity index (χ3n) is 6.52. The second kappa shape index (κ2) is 6.04. The summed E-state index contributed by atoms with van der Waals surface area (Å²) in [7, 11) is 0. The molecule has 142 valence electrons. The van der Waals surface area contributed by atoms with Gasteiger partial charge in [0.25, 0.3) is 0 Å². The lowest BCUT2D eigenvalue weighted by Gasteiger charge is -2.34. The fraction of sp³-hybridized carbons (Fsp3) is 0.381. The molecule has 0 unspecified atom stereocenters. The second-order valence-corrected chi connectivity index (χ2v) is 8.06. The predicted octanol–water partition coefficient (Wildman–Crippen LogP) is 2.79. The minimum absolute atomic E-state index is 0.234. The first-order valence-electron chi connectivity index (χ1n) is 10.1. The van der Waals surface area contributed by atoms with E-state index >= 15 is 0 Å². The lowest BCUT2D eigenvalue weighted by molar-refractivity contribution is 0.301. The van der Waals surface area contributed by atoms with Crippen LogP contribution in [0.15, 0.2) is 36.7 Å². The van der Waals surface area contributed by atoms with E-state index in [-0.39, 0.29) is 5.41 Å². The van der Waals surface area contributed by atoms with Crippen molar-refractivity contribution in [3.8, 4) is 0 Å². The van der Waals surface area contributed by atoms with Crippen LogP contribution in [0.4, 0.5) is 5.82 Å². The minimum atomic E-state index is 0.234. The van der Waals surface area contributed by atoms with Crippen molar-refractivity contribution in [1.29, 1.82) is 0 Å². The lowest BCUT2D eigenvalue weighted by Crippen LogP contribution is -2.39. The molecule has 1 spiro atoms. The lowest BCUT2D eigenvalue weighted by atomic mass is 9.77. The van der Waals surface area contributed by atoms with Gasteiger partial charge in [-0.15, -0.1) is 0 Å². The first-order chi connectivity index (χ1) is 13.8. The SMILES string of the molecule is c1cc2nc3c(c(NCc4ccc5cn[nH]c5c4)n2n1)CCC31CCNCC1. The van der Waals surface area contributed by atoms with Crippen molar-refractivity contribution in [2.45, 2.75) is 37.6 Å². The monoisotopic (exact) mass is 373 g/mol. The number of H-pyrrole nitrogens is 1. The number of anilines is 1. The molecule has 1 aliphatic heterocycles. The summed E-state index contributed by atoms with van der Waals surface area (Å²) < 4.78 is 1.97. The van der Waals surface area contributed by atoms with Crippen LogP contribution < -0.4 is 10.6 Å². The number of fused-ring (bicyclic) bond motifs is 4. The first-order valence-corrected chi connectivity index (χ1v) is 10.1. The number of rotatable bonds is 3. The molecule has 2 aliphatic rings. The Balaban J connectivity index is 1.40. The van der Waals surface area contributed by atoms with Gasteiger partial charge in [0, 0.05) is 29.0 Å². The van der Waals surface area contributed by atoms with E-state index in [0.717, 1.165) is 48.4 Å². The van der Waals surface area contributed by atoms with Gasteiger partial charge >= 0.3 is 0 Å². The van der Waals surface area contributed by atoms with E-state index in [1.54, 1.807) is 0 Å². The van der Waals surface area contributed by atoms with Crippen molar-refractivity contribution in [2.24, 2.45) is 0 Å². The summed E-state index contributed by atoms with van der Waals surface area (Å²) in [5.74, 6) is 1.10. The van der Waals surface area contributed by atoms with Crippen LogP contribution in [0.25, 0.3) is 16.6 Å². The number of benzene rings is 1. The molecule has 7 heteroatoms. The van der Waals surface area contributed by atoms with Gasteiger partial charge in [0.2, 0.25) is 0 Å². The van der Waals surface area contributed by atoms with Crippen molar-refractivity contribution < 1.29 is 0 Å². The van der Waals surface area contributed by atoms with Crippen molar-refractivity contribution in [3.05, 3.63) is 53.5 Å². The molecule has 3 N–H and O–H groups in total. The second-order valence-electron chi connectivity index (χ2n) is 8.06. The van der Waals surface area contributed by atoms with Crippen LogP contribution in [-0.4, -0.2) is 37.9 Å². The molecule has 1 saturated heterocycles. The highest BCUT2D eigenvalue weighted by Gasteiger charge is 2.42. The van der Waals surface area contributed by atoms with E-state index in [1.807, 2.05) is 23.0 Å². The van der Waals surface area contributed by atoms with Gasteiger partial charge in [-0.1, -0.05) is 12.1 Å². The summed E-state index contributed by atoms with van der Waals surface area (Å²) >= 11 is 0. The zero-order valence-electron chi connectivity index (χ0n) is 15.7. The minimum Gasteiger partial charge on any atom is -0.366 e. The number of aromatic nitrogens is 5. The molecular formula is C21H23N7. The maximum atomic E-state index is 5.06. The van der Waals surface area contributed by atoms with E-state index < -0.39 is 0 Å². The van der Waals surface area contributed by atoms with Gasteiger partial charge in [0.05, 0.1) is 23.6 Å². The maximum absolute atomic E-state index is 5.06. The summed E-state index contributed by atoms with van der Waals surface area (Å²) in [6, 6.07) is 8.43. The van der Waals surface area contributed by atoms with Crippen LogP contribution in [-0.2, 0) is 18.4 Å². The van der Waals surface area contributed by atoms with Crippen molar-refractivity contribution in [3.63, 3.8) is 0 Å². The van der Waals surface area contributed by atoms with Crippen LogP contribution in [0.2, 0.25) is 0 Å². The Morgan fingerprint density at radius 3 is 3.00 bits per heavy atom. The van der Waals surface area contributed by atoms with Gasteiger partial charge in [-0.05, 0) is 50.4 Å². The molecule has 3 aromatic heterocycles. The molecule has 0 atom stereocenters. The van der Waals surface area contributed by atoms with E-state index in [2.05, 4.69) is 44.1 Å². The Morgan fingerprint density at radius 1 is 1.14 bits per heavy atom. The molecule has 7 nitrogen and oxygen atoms in total. The molecule has 4 aromatic rings. The quantitative estimate of drug-likeness (QED) is 0.514. The van der Waals surface area contributed by atoms with Crippen molar-refractivity contribution in [1.82, 2.24) is 30.1 Å². The Labute approximate surface area is 162 Å². The van der Waals surface area contributed by atoms with Crippen LogP contribution in [0, 0.1) is 0 Å². The van der Waals surface area contributed by atoms with E-state index in [0.29, 0.717) is 0 Å². The van der Waals surface area contributed by atoms with Crippen LogP contribution in [0.1, 0.15) is 36.1 Å². The zero-order chi connectivity index (χ0) is 18.6. The van der Waals surface area contributed by atoms with Gasteiger partial charge in [-0.2, -0.15) is 14.7 Å². The molecule has 0 saturated carbocycles. The van der Waals surface area contributed by atoms with Gasteiger partial charge < -0.3 is 10.6 Å². The standard InChI is InChI=1S/C21H23N7/c1-2-15-13-24-27-17(15)11-14(1)12-23-20-16-3-5-21(6-9-22-10-7-21)19(16)26-18-4-8-25-28(18)20/h1-2,4,8,11,13,22-23H,3,5-7,9-10,12H2,(H,24,27). The molecular weight excluding hydrogens is 350 g/mol. The number of piperidine rings is 1. The highest BCUT2D eigenvalue weighted by Crippen LogP contribution is 2.46. The van der Waals surface area contributed by atoms with Crippen molar-refractivity contribution in [2.75, 3.05) is 18.4 Å². The molecule has 0 amide bonds. The maximum Gasteiger partial charge on any atom is 0.157 e. The van der Waals surface area contributed by atoms with E-state index in [1.165, 1.54) is 36.1 Å². The van der Waals surface area contributed by atoms with E-state index in [9.17, 15) is 0 Å². The fourth-order valence-electron chi connectivity index (χ4n) is 4.99. The third kappa shape index (κ3) is 2.36. The zero-order valence-corrected chi connectivity index (χ0v) is 15.7. The summed E-state index contributed by atoms with van der Waals surface area (Å²) in [5.41, 5.74) is 6.10. The number of nitrogens with zero attached hydrogens (tertiary/aromatic N) is 4. The molecule has 0 bridgehead atoms. The van der Waals surface area contributed by atoms with Gasteiger partial charge in [0.15, 0.2) is 5.65 Å². The summed E-state index contributed by atoms with van der Waals surface area (Å²) in [6.07, 6.45) is 8.31. The fourth-order valence-corrected chi connectivity index (χ4v) is 4.99. The number of nitrogens with one attached hydrogen (secondary N) is 3. The Morgan fingerprint density at radius 2 is 2.07 bits per heavy atom. The topological polar surface area (TPSA) is 82.9 Å². The van der Waals surface area contributed by atoms with Crippen LogP contribution in [0.5, 0.6) is 0 Å². The largest absolute Gasteiger partial charge is 0.366 e. The first kappa shape index (κ1) is 16.1. The molecule has 6 rings (SSSR count). The van der Waals surface area contributed by atoms with Crippen molar-refractivity contribution >= 4 is 22.4 Å². The number of aromatic amines is 1. The summed E-state index contributed by atoms with van der Waals surface area (Å²) in [5, 5.41) is 20.0. The van der Waals surface area contributed by atoms with E-state index in [4.69, 9.17) is 4.98 Å². The van der Waals surface area contributed by atoms with Gasteiger partial charge in [-0.25, -0.2) is 4.98 Å². The molecule has 1 fully saturated rings. The van der Waals surface area contributed by atoms with Crippen LogP contribution >= 0.6 is 0 Å². The molecule has 1 aliphatic carbocycles. The summed E-state index contributed by atoms with van der Waals surface area (Å²) in [4.78, 5) is 5.06. The Bertz CT molecular complexity index is 1170. The van der Waals surface area contributed by atoms with Gasteiger partial charge in [-0.3, -0.25) is 5.10 Å². The number of hydrogen-bond acceptors (Lipinski definition) is 5.